The number of carbonyl (C=O) groups excluding carboxylic acids is 1. The number of alkyl halides is 3. The molecule has 0 radical (unpaired) electrons. The van der Waals surface area contributed by atoms with E-state index in [4.69, 9.17) is 9.90 Å². The number of likely N-dealkylation sites (tertiary alicyclic amines) is 1. The average molecular weight is 480 g/mol. The summed E-state index contributed by atoms with van der Waals surface area (Å²) < 4.78 is 59.1. The molecule has 2 aliphatic heterocycles. The zero-order valence-corrected chi connectivity index (χ0v) is 18.8. The van der Waals surface area contributed by atoms with Crippen molar-refractivity contribution in [3.05, 3.63) is 30.1 Å². The number of aromatic nitrogens is 1. The third-order valence-electron chi connectivity index (χ3n) is 5.53. The van der Waals surface area contributed by atoms with Gasteiger partial charge in [0, 0.05) is 32.4 Å². The maximum atomic E-state index is 12.8. The molecule has 2 saturated heterocycles. The number of fused-ring (bicyclic) bond motifs is 1. The number of sulfonamides is 1. The van der Waals surface area contributed by atoms with Crippen LogP contribution in [-0.4, -0.2) is 77.2 Å². The molecule has 0 saturated carbocycles. The fourth-order valence-corrected chi connectivity index (χ4v) is 6.03. The zero-order chi connectivity index (χ0) is 24.1. The summed E-state index contributed by atoms with van der Waals surface area (Å²) >= 11 is 0. The molecule has 12 heteroatoms. The monoisotopic (exact) mass is 479 g/mol. The van der Waals surface area contributed by atoms with Crippen LogP contribution in [0.3, 0.4) is 0 Å². The maximum absolute atomic E-state index is 12.8. The minimum Gasteiger partial charge on any atom is -0.475 e. The van der Waals surface area contributed by atoms with E-state index < -0.39 is 22.2 Å². The molecule has 2 fully saturated rings. The second-order valence-electron chi connectivity index (χ2n) is 8.27. The van der Waals surface area contributed by atoms with Gasteiger partial charge in [0.05, 0.1) is 5.25 Å². The Morgan fingerprint density at radius 1 is 1.22 bits per heavy atom. The van der Waals surface area contributed by atoms with Gasteiger partial charge in [-0.15, -0.1) is 0 Å². The fraction of sp³-hybridized carbons (Fsp3) is 0.650. The summed E-state index contributed by atoms with van der Waals surface area (Å²) in [6.45, 7) is 6.52. The lowest BCUT2D eigenvalue weighted by molar-refractivity contribution is -0.192. The lowest BCUT2D eigenvalue weighted by atomic mass is 10.0. The minimum atomic E-state index is -5.08. The molecule has 1 amide bonds. The normalized spacial score (nSPS) is 23.1. The number of carbonyl (C=O) groups is 2. The number of pyridine rings is 1. The third-order valence-corrected chi connectivity index (χ3v) is 7.97. The first-order valence-electron chi connectivity index (χ1n) is 10.3. The molecule has 32 heavy (non-hydrogen) atoms. The van der Waals surface area contributed by atoms with E-state index in [0.717, 1.165) is 12.8 Å². The predicted octanol–water partition coefficient (Wildman–Crippen LogP) is 2.63. The number of hydrogen-bond donors (Lipinski definition) is 1. The SMILES string of the molecule is CC(C)CCN1C[C@H]2CCN(C(=O)c3ccccn3)CC[C@H]2S1(=O)=O.O=C(O)C(F)(F)F. The van der Waals surface area contributed by atoms with Gasteiger partial charge in [0.25, 0.3) is 5.91 Å². The van der Waals surface area contributed by atoms with Crippen molar-refractivity contribution in [1.29, 1.82) is 0 Å². The highest BCUT2D eigenvalue weighted by molar-refractivity contribution is 7.90. The molecule has 0 bridgehead atoms. The van der Waals surface area contributed by atoms with Crippen molar-refractivity contribution >= 4 is 21.9 Å². The Hall–Kier alpha value is -2.21. The number of halogens is 3. The van der Waals surface area contributed by atoms with E-state index in [9.17, 15) is 26.4 Å². The van der Waals surface area contributed by atoms with Gasteiger partial charge in [0.1, 0.15) is 5.69 Å². The van der Waals surface area contributed by atoms with Crippen molar-refractivity contribution in [3.63, 3.8) is 0 Å². The smallest absolute Gasteiger partial charge is 0.475 e. The van der Waals surface area contributed by atoms with Crippen LogP contribution in [0, 0.1) is 11.8 Å². The predicted molar refractivity (Wildman–Crippen MR) is 110 cm³/mol. The van der Waals surface area contributed by atoms with Crippen LogP contribution in [0.4, 0.5) is 13.2 Å². The summed E-state index contributed by atoms with van der Waals surface area (Å²) in [6, 6.07) is 5.28. The number of rotatable bonds is 4. The van der Waals surface area contributed by atoms with Crippen molar-refractivity contribution in [1.82, 2.24) is 14.2 Å². The summed E-state index contributed by atoms with van der Waals surface area (Å²) in [5.41, 5.74) is 0.427. The lowest BCUT2D eigenvalue weighted by Crippen LogP contribution is -2.35. The lowest BCUT2D eigenvalue weighted by Gasteiger charge is -2.22. The van der Waals surface area contributed by atoms with E-state index in [1.807, 2.05) is 0 Å². The fourth-order valence-electron chi connectivity index (χ4n) is 3.77. The van der Waals surface area contributed by atoms with Crippen LogP contribution >= 0.6 is 0 Å². The second-order valence-corrected chi connectivity index (χ2v) is 10.4. The van der Waals surface area contributed by atoms with Crippen molar-refractivity contribution in [3.8, 4) is 0 Å². The van der Waals surface area contributed by atoms with Gasteiger partial charge in [-0.1, -0.05) is 19.9 Å². The van der Waals surface area contributed by atoms with E-state index in [2.05, 4.69) is 18.8 Å². The quantitative estimate of drug-likeness (QED) is 0.711. The van der Waals surface area contributed by atoms with Crippen LogP contribution in [-0.2, 0) is 14.8 Å². The first kappa shape index (κ1) is 26.0. The highest BCUT2D eigenvalue weighted by atomic mass is 32.2. The molecular formula is C20H28F3N3O5S. The Morgan fingerprint density at radius 2 is 1.84 bits per heavy atom. The number of aliphatic carboxylic acids is 1. The van der Waals surface area contributed by atoms with Gasteiger partial charge < -0.3 is 10.0 Å². The Bertz CT molecular complexity index is 893. The molecule has 0 aliphatic carbocycles. The summed E-state index contributed by atoms with van der Waals surface area (Å²) in [7, 11) is -3.24. The summed E-state index contributed by atoms with van der Waals surface area (Å²) in [5, 5.41) is 6.78. The highest BCUT2D eigenvalue weighted by Gasteiger charge is 2.47. The minimum absolute atomic E-state index is 0.102. The van der Waals surface area contributed by atoms with Crippen LogP contribution in [0.5, 0.6) is 0 Å². The van der Waals surface area contributed by atoms with Crippen LogP contribution in [0.15, 0.2) is 24.4 Å². The topological polar surface area (TPSA) is 108 Å². The molecule has 2 aliphatic rings. The Kier molecular flexibility index (Phi) is 8.63. The van der Waals surface area contributed by atoms with Gasteiger partial charge >= 0.3 is 12.1 Å². The number of amides is 1. The van der Waals surface area contributed by atoms with Crippen molar-refractivity contribution in [2.75, 3.05) is 26.2 Å². The Labute approximate surface area is 185 Å². The third kappa shape index (κ3) is 6.64. The van der Waals surface area contributed by atoms with E-state index >= 15 is 0 Å². The molecular weight excluding hydrogens is 451 g/mol. The first-order chi connectivity index (χ1) is 14.8. The number of carboxylic acids is 1. The molecule has 3 rings (SSSR count). The summed E-state index contributed by atoms with van der Waals surface area (Å²) in [5.74, 6) is -2.24. The van der Waals surface area contributed by atoms with Crippen LogP contribution in [0.25, 0.3) is 0 Å². The second kappa shape index (κ2) is 10.6. The number of hydrogen-bond acceptors (Lipinski definition) is 5. The summed E-state index contributed by atoms with van der Waals surface area (Å²) in [4.78, 5) is 27.4. The van der Waals surface area contributed by atoms with Gasteiger partial charge in [-0.3, -0.25) is 9.78 Å². The molecule has 180 valence electrons. The number of carboxylic acid groups (broad SMARTS) is 1. The van der Waals surface area contributed by atoms with Gasteiger partial charge in [0.15, 0.2) is 0 Å². The van der Waals surface area contributed by atoms with Gasteiger partial charge in [-0.05, 0) is 43.2 Å². The molecule has 1 aromatic rings. The number of nitrogens with zero attached hydrogens (tertiary/aromatic N) is 3. The van der Waals surface area contributed by atoms with E-state index in [-0.39, 0.29) is 17.1 Å². The van der Waals surface area contributed by atoms with Gasteiger partial charge in [-0.25, -0.2) is 17.5 Å². The van der Waals surface area contributed by atoms with Gasteiger partial charge in [0.2, 0.25) is 10.0 Å². The van der Waals surface area contributed by atoms with E-state index in [1.165, 1.54) is 0 Å². The van der Waals surface area contributed by atoms with E-state index in [0.29, 0.717) is 44.2 Å². The summed E-state index contributed by atoms with van der Waals surface area (Å²) in [6.07, 6.45) is -1.33. The van der Waals surface area contributed by atoms with Gasteiger partial charge in [-0.2, -0.15) is 13.2 Å². The van der Waals surface area contributed by atoms with E-state index in [1.54, 1.807) is 33.6 Å². The standard InChI is InChI=1S/C18H27N3O3S.C2HF3O2/c1-14(2)6-12-21-13-15-7-10-20(11-8-17(15)25(21,23)24)18(22)16-5-3-4-9-19-16;3-2(4,5)1(6)7/h3-5,9,14-15,17H,6-8,10-13H2,1-2H3;(H,6,7)/t15-,17-;/m1./s1. The molecule has 1 aromatic heterocycles. The van der Waals surface area contributed by atoms with Crippen molar-refractivity contribution < 1.29 is 36.3 Å². The molecule has 1 N–H and O–H groups in total. The first-order valence-corrected chi connectivity index (χ1v) is 11.8. The zero-order valence-electron chi connectivity index (χ0n) is 18.0. The largest absolute Gasteiger partial charge is 0.490 e. The van der Waals surface area contributed by atoms with Crippen molar-refractivity contribution in [2.24, 2.45) is 11.8 Å². The van der Waals surface area contributed by atoms with Crippen LogP contribution < -0.4 is 0 Å². The molecule has 3 heterocycles. The van der Waals surface area contributed by atoms with Crippen molar-refractivity contribution in [2.45, 2.75) is 44.5 Å². The van der Waals surface area contributed by atoms with Crippen LogP contribution in [0.1, 0.15) is 43.6 Å². The Balaban J connectivity index is 0.000000451. The van der Waals surface area contributed by atoms with Crippen LogP contribution in [0.2, 0.25) is 0 Å². The Morgan fingerprint density at radius 3 is 2.38 bits per heavy atom. The highest BCUT2D eigenvalue weighted by Crippen LogP contribution is 2.34. The molecule has 2 atom stereocenters. The molecule has 0 aromatic carbocycles. The molecule has 8 nitrogen and oxygen atoms in total. The average Bonchev–Trinajstić information content (AvgIpc) is 2.85. The molecule has 0 unspecified atom stereocenters. The molecule has 0 spiro atoms. The maximum Gasteiger partial charge on any atom is 0.490 e.